The molecule has 1 unspecified atom stereocenters. The van der Waals surface area contributed by atoms with Crippen LogP contribution >= 0.6 is 0 Å². The fraction of sp³-hybridized carbons (Fsp3) is 0.500. The Kier molecular flexibility index (Phi) is 4.31. The van der Waals surface area contributed by atoms with E-state index in [0.29, 0.717) is 18.7 Å². The van der Waals surface area contributed by atoms with Gasteiger partial charge in [-0.15, -0.1) is 0 Å². The van der Waals surface area contributed by atoms with Gasteiger partial charge in [-0.1, -0.05) is 0 Å². The van der Waals surface area contributed by atoms with Gasteiger partial charge in [0.1, 0.15) is 5.82 Å². The van der Waals surface area contributed by atoms with Crippen LogP contribution in [-0.2, 0) is 4.74 Å². The number of nitrogens with zero attached hydrogens (tertiary/aromatic N) is 1. The molecule has 4 heteroatoms. The minimum Gasteiger partial charge on any atom is -0.377 e. The first-order valence-corrected chi connectivity index (χ1v) is 6.37. The number of halogens is 1. The van der Waals surface area contributed by atoms with E-state index in [1.807, 2.05) is 6.92 Å². The van der Waals surface area contributed by atoms with Gasteiger partial charge in [-0.3, -0.25) is 4.79 Å². The van der Waals surface area contributed by atoms with Crippen LogP contribution in [0.1, 0.15) is 30.1 Å². The Morgan fingerprint density at radius 1 is 1.44 bits per heavy atom. The van der Waals surface area contributed by atoms with Crippen molar-refractivity contribution in [2.45, 2.75) is 25.9 Å². The number of likely N-dealkylation sites (tertiary alicyclic amines) is 1. The van der Waals surface area contributed by atoms with E-state index in [0.717, 1.165) is 19.4 Å². The van der Waals surface area contributed by atoms with Gasteiger partial charge < -0.3 is 9.64 Å². The Hall–Kier alpha value is -1.42. The molecule has 1 aromatic carbocycles. The lowest BCUT2D eigenvalue weighted by Gasteiger charge is -2.32. The highest BCUT2D eigenvalue weighted by Crippen LogP contribution is 2.16. The fourth-order valence-corrected chi connectivity index (χ4v) is 2.27. The lowest BCUT2D eigenvalue weighted by molar-refractivity contribution is 0.00724. The molecule has 1 aromatic rings. The largest absolute Gasteiger partial charge is 0.377 e. The third-order valence-corrected chi connectivity index (χ3v) is 3.16. The number of ether oxygens (including phenoxy) is 1. The second-order valence-corrected chi connectivity index (χ2v) is 4.48. The van der Waals surface area contributed by atoms with E-state index in [-0.39, 0.29) is 17.8 Å². The van der Waals surface area contributed by atoms with Crippen molar-refractivity contribution in [1.82, 2.24) is 4.90 Å². The Morgan fingerprint density at radius 2 is 2.17 bits per heavy atom. The van der Waals surface area contributed by atoms with Crippen molar-refractivity contribution in [2.75, 3.05) is 19.7 Å². The number of hydrogen-bond acceptors (Lipinski definition) is 2. The fourth-order valence-electron chi connectivity index (χ4n) is 2.27. The average molecular weight is 251 g/mol. The number of piperidine rings is 1. The molecule has 1 saturated heterocycles. The van der Waals surface area contributed by atoms with Crippen LogP contribution < -0.4 is 0 Å². The summed E-state index contributed by atoms with van der Waals surface area (Å²) in [5.41, 5.74) is 0.536. The van der Waals surface area contributed by atoms with Gasteiger partial charge >= 0.3 is 0 Å². The van der Waals surface area contributed by atoms with Crippen LogP contribution in [-0.4, -0.2) is 36.6 Å². The second kappa shape index (κ2) is 5.96. The monoisotopic (exact) mass is 251 g/mol. The molecule has 0 radical (unpaired) electrons. The number of hydrogen-bond donors (Lipinski definition) is 0. The normalized spacial score (nSPS) is 19.9. The van der Waals surface area contributed by atoms with E-state index in [2.05, 4.69) is 0 Å². The van der Waals surface area contributed by atoms with Gasteiger partial charge in [0, 0.05) is 25.3 Å². The molecule has 98 valence electrons. The molecule has 1 heterocycles. The lowest BCUT2D eigenvalue weighted by atomic mass is 10.1. The van der Waals surface area contributed by atoms with Gasteiger partial charge in [-0.25, -0.2) is 4.39 Å². The first-order chi connectivity index (χ1) is 8.70. The second-order valence-electron chi connectivity index (χ2n) is 4.48. The molecule has 3 nitrogen and oxygen atoms in total. The van der Waals surface area contributed by atoms with Gasteiger partial charge in [0.2, 0.25) is 0 Å². The van der Waals surface area contributed by atoms with E-state index in [1.165, 1.54) is 24.3 Å². The van der Waals surface area contributed by atoms with E-state index in [4.69, 9.17) is 4.74 Å². The molecule has 18 heavy (non-hydrogen) atoms. The van der Waals surface area contributed by atoms with Crippen LogP contribution in [0.2, 0.25) is 0 Å². The molecule has 1 atom stereocenters. The van der Waals surface area contributed by atoms with Crippen LogP contribution in [0.5, 0.6) is 0 Å². The summed E-state index contributed by atoms with van der Waals surface area (Å²) in [5, 5.41) is 0. The summed E-state index contributed by atoms with van der Waals surface area (Å²) in [6, 6.07) is 5.69. The number of carbonyl (C=O) groups excluding carboxylic acids is 1. The van der Waals surface area contributed by atoms with E-state index >= 15 is 0 Å². The molecule has 1 amide bonds. The number of carbonyl (C=O) groups is 1. The molecule has 0 N–H and O–H groups in total. The molecule has 0 aromatic heterocycles. The van der Waals surface area contributed by atoms with Crippen LogP contribution in [0.4, 0.5) is 4.39 Å². The van der Waals surface area contributed by atoms with Crippen molar-refractivity contribution in [2.24, 2.45) is 0 Å². The standard InChI is InChI=1S/C14H18FNO2/c1-2-18-13-4-3-9-16(10-13)14(17)11-5-7-12(15)8-6-11/h5-8,13H,2-4,9-10H2,1H3. The smallest absolute Gasteiger partial charge is 0.253 e. The molecule has 0 aliphatic carbocycles. The van der Waals surface area contributed by atoms with Gasteiger partial charge in [0.15, 0.2) is 0 Å². The zero-order valence-electron chi connectivity index (χ0n) is 10.6. The Balaban J connectivity index is 2.02. The maximum absolute atomic E-state index is 12.8. The molecule has 0 spiro atoms. The van der Waals surface area contributed by atoms with Crippen LogP contribution in [0, 0.1) is 5.82 Å². The Labute approximate surface area is 107 Å². The zero-order valence-corrected chi connectivity index (χ0v) is 10.6. The molecular weight excluding hydrogens is 233 g/mol. The van der Waals surface area contributed by atoms with Gasteiger partial charge in [0.25, 0.3) is 5.91 Å². The number of rotatable bonds is 3. The predicted octanol–water partition coefficient (Wildman–Crippen LogP) is 2.47. The Bertz CT molecular complexity index is 403. The topological polar surface area (TPSA) is 29.5 Å². The molecule has 2 rings (SSSR count). The number of benzene rings is 1. The van der Waals surface area contributed by atoms with E-state index < -0.39 is 0 Å². The molecule has 0 saturated carbocycles. The summed E-state index contributed by atoms with van der Waals surface area (Å²) in [7, 11) is 0. The van der Waals surface area contributed by atoms with Crippen molar-refractivity contribution in [3.8, 4) is 0 Å². The SMILES string of the molecule is CCOC1CCCN(C(=O)c2ccc(F)cc2)C1. The minimum absolute atomic E-state index is 0.0422. The third-order valence-electron chi connectivity index (χ3n) is 3.16. The van der Waals surface area contributed by atoms with Gasteiger partial charge in [-0.2, -0.15) is 0 Å². The first kappa shape index (κ1) is 13.0. The van der Waals surface area contributed by atoms with Crippen LogP contribution in [0.15, 0.2) is 24.3 Å². The predicted molar refractivity (Wildman–Crippen MR) is 67.0 cm³/mol. The van der Waals surface area contributed by atoms with Crippen molar-refractivity contribution >= 4 is 5.91 Å². The van der Waals surface area contributed by atoms with E-state index in [1.54, 1.807) is 4.90 Å². The lowest BCUT2D eigenvalue weighted by Crippen LogP contribution is -2.43. The van der Waals surface area contributed by atoms with Crippen LogP contribution in [0.3, 0.4) is 0 Å². The minimum atomic E-state index is -0.322. The highest BCUT2D eigenvalue weighted by Gasteiger charge is 2.24. The quantitative estimate of drug-likeness (QED) is 0.826. The molecule has 0 bridgehead atoms. The molecular formula is C14H18FNO2. The van der Waals surface area contributed by atoms with Crippen molar-refractivity contribution < 1.29 is 13.9 Å². The molecule has 1 aliphatic heterocycles. The molecule has 1 aliphatic rings. The average Bonchev–Trinajstić information content (AvgIpc) is 2.39. The van der Waals surface area contributed by atoms with Crippen LogP contribution in [0.25, 0.3) is 0 Å². The summed E-state index contributed by atoms with van der Waals surface area (Å²) >= 11 is 0. The maximum Gasteiger partial charge on any atom is 0.253 e. The summed E-state index contributed by atoms with van der Waals surface area (Å²) in [6.07, 6.45) is 2.09. The van der Waals surface area contributed by atoms with Crippen molar-refractivity contribution in [3.63, 3.8) is 0 Å². The summed E-state index contributed by atoms with van der Waals surface area (Å²) in [5.74, 6) is -0.364. The van der Waals surface area contributed by atoms with Crippen molar-refractivity contribution in [1.29, 1.82) is 0 Å². The molecule has 1 fully saturated rings. The van der Waals surface area contributed by atoms with Gasteiger partial charge in [0.05, 0.1) is 6.10 Å². The highest BCUT2D eigenvalue weighted by atomic mass is 19.1. The number of amides is 1. The maximum atomic E-state index is 12.8. The zero-order chi connectivity index (χ0) is 13.0. The van der Waals surface area contributed by atoms with Crippen molar-refractivity contribution in [3.05, 3.63) is 35.6 Å². The summed E-state index contributed by atoms with van der Waals surface area (Å²) in [4.78, 5) is 14.0. The summed E-state index contributed by atoms with van der Waals surface area (Å²) in [6.45, 7) is 4.01. The van der Waals surface area contributed by atoms with E-state index in [9.17, 15) is 9.18 Å². The van der Waals surface area contributed by atoms with Gasteiger partial charge in [-0.05, 0) is 44.0 Å². The Morgan fingerprint density at radius 3 is 2.83 bits per heavy atom. The highest BCUT2D eigenvalue weighted by molar-refractivity contribution is 5.94. The third kappa shape index (κ3) is 3.07. The first-order valence-electron chi connectivity index (χ1n) is 6.37. The summed E-state index contributed by atoms with van der Waals surface area (Å²) < 4.78 is 18.4.